The predicted octanol–water partition coefficient (Wildman–Crippen LogP) is -1.25. The van der Waals surface area contributed by atoms with Crippen molar-refractivity contribution in [3.63, 3.8) is 0 Å². The van der Waals surface area contributed by atoms with Gasteiger partial charge in [-0.2, -0.15) is 0 Å². The summed E-state index contributed by atoms with van der Waals surface area (Å²) in [5, 5.41) is 7.53. The lowest BCUT2D eigenvalue weighted by Gasteiger charge is -2.24. The van der Waals surface area contributed by atoms with Crippen molar-refractivity contribution in [1.82, 2.24) is 20.9 Å². The lowest BCUT2D eigenvalue weighted by molar-refractivity contribution is -0.138. The third-order valence-corrected chi connectivity index (χ3v) is 3.71. The summed E-state index contributed by atoms with van der Waals surface area (Å²) in [5.41, 5.74) is 0. The second-order valence-corrected chi connectivity index (χ2v) is 5.45. The Kier molecular flexibility index (Phi) is 6.33. The van der Waals surface area contributed by atoms with Crippen LogP contribution in [0.25, 0.3) is 0 Å². The topological polar surface area (TPSA) is 108 Å². The average molecular weight is 312 g/mol. The zero-order valence-electron chi connectivity index (χ0n) is 13.4. The molecule has 1 rings (SSSR count). The van der Waals surface area contributed by atoms with Crippen LogP contribution in [0.2, 0.25) is 0 Å². The molecule has 1 aliphatic rings. The van der Waals surface area contributed by atoms with Crippen LogP contribution in [-0.2, 0) is 19.2 Å². The number of nitrogens with zero attached hydrogens (tertiary/aromatic N) is 1. The van der Waals surface area contributed by atoms with Crippen molar-refractivity contribution in [3.05, 3.63) is 0 Å². The normalized spacial score (nSPS) is 20.0. The van der Waals surface area contributed by atoms with E-state index in [0.29, 0.717) is 13.0 Å². The lowest BCUT2D eigenvalue weighted by atomic mass is 10.2. The van der Waals surface area contributed by atoms with Gasteiger partial charge in [0.05, 0.1) is 0 Å². The first-order chi connectivity index (χ1) is 10.3. The molecule has 0 spiro atoms. The van der Waals surface area contributed by atoms with Crippen molar-refractivity contribution < 1.29 is 19.2 Å². The zero-order valence-corrected chi connectivity index (χ0v) is 13.4. The van der Waals surface area contributed by atoms with Gasteiger partial charge in [-0.3, -0.25) is 19.2 Å². The van der Waals surface area contributed by atoms with Gasteiger partial charge in [0.15, 0.2) is 0 Å². The summed E-state index contributed by atoms with van der Waals surface area (Å²) in [5.74, 6) is -1.26. The second-order valence-electron chi connectivity index (χ2n) is 5.45. The van der Waals surface area contributed by atoms with E-state index < -0.39 is 24.0 Å². The van der Waals surface area contributed by atoms with Crippen molar-refractivity contribution in [2.75, 3.05) is 13.6 Å². The van der Waals surface area contributed by atoms with Gasteiger partial charge in [0.25, 0.3) is 0 Å². The number of rotatable bonds is 5. The van der Waals surface area contributed by atoms with Gasteiger partial charge < -0.3 is 20.9 Å². The van der Waals surface area contributed by atoms with Gasteiger partial charge in [-0.05, 0) is 26.7 Å². The first kappa shape index (κ1) is 17.9. The molecular weight excluding hydrogens is 288 g/mol. The maximum absolute atomic E-state index is 12.2. The first-order valence-electron chi connectivity index (χ1n) is 7.37. The zero-order chi connectivity index (χ0) is 16.9. The Morgan fingerprint density at radius 1 is 1.05 bits per heavy atom. The Morgan fingerprint density at radius 3 is 2.18 bits per heavy atom. The molecule has 0 radical (unpaired) electrons. The summed E-state index contributed by atoms with van der Waals surface area (Å²) in [4.78, 5) is 48.5. The van der Waals surface area contributed by atoms with Crippen LogP contribution in [0.4, 0.5) is 0 Å². The predicted molar refractivity (Wildman–Crippen MR) is 79.7 cm³/mol. The van der Waals surface area contributed by atoms with Crippen molar-refractivity contribution in [2.45, 2.75) is 51.7 Å². The molecule has 3 N–H and O–H groups in total. The standard InChI is InChI=1S/C14H24N4O4/c1-8(12(20)15-4)16-13(21)9(2)17-14(22)11-6-5-7-18(11)10(3)19/h8-9,11H,5-7H2,1-4H3,(H,15,20)(H,16,21)(H,17,22). The molecule has 1 aliphatic heterocycles. The Labute approximate surface area is 130 Å². The summed E-state index contributed by atoms with van der Waals surface area (Å²) < 4.78 is 0. The van der Waals surface area contributed by atoms with Crippen LogP contribution in [0.5, 0.6) is 0 Å². The van der Waals surface area contributed by atoms with Gasteiger partial charge in [0, 0.05) is 20.5 Å². The molecule has 1 saturated heterocycles. The molecule has 0 saturated carbocycles. The molecule has 8 nitrogen and oxygen atoms in total. The van der Waals surface area contributed by atoms with Crippen molar-refractivity contribution in [2.24, 2.45) is 0 Å². The summed E-state index contributed by atoms with van der Waals surface area (Å²) in [7, 11) is 1.48. The minimum atomic E-state index is -0.783. The summed E-state index contributed by atoms with van der Waals surface area (Å²) in [6.07, 6.45) is 1.36. The number of likely N-dealkylation sites (tertiary alicyclic amines) is 1. The Morgan fingerprint density at radius 2 is 1.64 bits per heavy atom. The summed E-state index contributed by atoms with van der Waals surface area (Å²) in [6.45, 7) is 5.07. The van der Waals surface area contributed by atoms with Crippen molar-refractivity contribution in [3.8, 4) is 0 Å². The van der Waals surface area contributed by atoms with Gasteiger partial charge in [-0.15, -0.1) is 0 Å². The van der Waals surface area contributed by atoms with E-state index in [0.717, 1.165) is 6.42 Å². The highest BCUT2D eigenvalue weighted by atomic mass is 16.2. The molecule has 0 aromatic rings. The molecule has 1 fully saturated rings. The summed E-state index contributed by atoms with van der Waals surface area (Å²) in [6, 6.07) is -1.99. The number of hydrogen-bond acceptors (Lipinski definition) is 4. The summed E-state index contributed by atoms with van der Waals surface area (Å²) >= 11 is 0. The molecule has 4 amide bonds. The quantitative estimate of drug-likeness (QED) is 0.589. The average Bonchev–Trinajstić information content (AvgIpc) is 2.95. The number of carbonyl (C=O) groups excluding carboxylic acids is 4. The first-order valence-corrected chi connectivity index (χ1v) is 7.37. The second kappa shape index (κ2) is 7.77. The van der Waals surface area contributed by atoms with Crippen LogP contribution in [0.3, 0.4) is 0 Å². The lowest BCUT2D eigenvalue weighted by Crippen LogP contribution is -2.54. The molecule has 22 heavy (non-hydrogen) atoms. The van der Waals surface area contributed by atoms with Crippen LogP contribution in [-0.4, -0.2) is 60.2 Å². The van der Waals surface area contributed by atoms with Crippen molar-refractivity contribution >= 4 is 23.6 Å². The molecule has 8 heteroatoms. The Bertz CT molecular complexity index is 466. The van der Waals surface area contributed by atoms with Gasteiger partial charge in [0.2, 0.25) is 23.6 Å². The van der Waals surface area contributed by atoms with E-state index in [1.165, 1.54) is 25.8 Å². The van der Waals surface area contributed by atoms with Crippen LogP contribution in [0.15, 0.2) is 0 Å². The fourth-order valence-corrected chi connectivity index (χ4v) is 2.41. The molecular formula is C14H24N4O4. The Hall–Kier alpha value is -2.12. The largest absolute Gasteiger partial charge is 0.357 e. The van der Waals surface area contributed by atoms with Crippen molar-refractivity contribution in [1.29, 1.82) is 0 Å². The maximum atomic E-state index is 12.2. The highest BCUT2D eigenvalue weighted by Gasteiger charge is 2.33. The highest BCUT2D eigenvalue weighted by Crippen LogP contribution is 2.17. The van der Waals surface area contributed by atoms with E-state index in [1.807, 2.05) is 0 Å². The van der Waals surface area contributed by atoms with Gasteiger partial charge in [-0.1, -0.05) is 0 Å². The molecule has 0 aromatic heterocycles. The van der Waals surface area contributed by atoms with E-state index in [1.54, 1.807) is 6.92 Å². The van der Waals surface area contributed by atoms with Crippen LogP contribution < -0.4 is 16.0 Å². The van der Waals surface area contributed by atoms with Gasteiger partial charge >= 0.3 is 0 Å². The number of likely N-dealkylation sites (N-methyl/N-ethyl adjacent to an activating group) is 1. The van der Waals surface area contributed by atoms with Crippen LogP contribution in [0.1, 0.15) is 33.6 Å². The molecule has 3 unspecified atom stereocenters. The van der Waals surface area contributed by atoms with E-state index in [9.17, 15) is 19.2 Å². The van der Waals surface area contributed by atoms with E-state index in [4.69, 9.17) is 0 Å². The van der Waals surface area contributed by atoms with E-state index in [-0.39, 0.29) is 17.7 Å². The van der Waals surface area contributed by atoms with E-state index in [2.05, 4.69) is 16.0 Å². The fourth-order valence-electron chi connectivity index (χ4n) is 2.41. The van der Waals surface area contributed by atoms with Gasteiger partial charge in [-0.25, -0.2) is 0 Å². The number of amides is 4. The van der Waals surface area contributed by atoms with E-state index >= 15 is 0 Å². The number of carbonyl (C=O) groups is 4. The molecule has 0 bridgehead atoms. The molecule has 1 heterocycles. The van der Waals surface area contributed by atoms with Gasteiger partial charge in [0.1, 0.15) is 18.1 Å². The molecule has 124 valence electrons. The SMILES string of the molecule is CNC(=O)C(C)NC(=O)C(C)NC(=O)C1CCCN1C(C)=O. The molecule has 0 aliphatic carbocycles. The number of nitrogens with one attached hydrogen (secondary N) is 3. The maximum Gasteiger partial charge on any atom is 0.243 e. The third kappa shape index (κ3) is 4.44. The monoisotopic (exact) mass is 312 g/mol. The minimum Gasteiger partial charge on any atom is -0.357 e. The highest BCUT2D eigenvalue weighted by molar-refractivity contribution is 5.93. The smallest absolute Gasteiger partial charge is 0.243 e. The molecule has 3 atom stereocenters. The fraction of sp³-hybridized carbons (Fsp3) is 0.714. The Balaban J connectivity index is 2.55. The minimum absolute atomic E-state index is 0.150. The van der Waals surface area contributed by atoms with Crippen LogP contribution in [0, 0.1) is 0 Å². The number of hydrogen-bond donors (Lipinski definition) is 3. The molecule has 0 aromatic carbocycles. The van der Waals surface area contributed by atoms with Crippen LogP contribution >= 0.6 is 0 Å². The third-order valence-electron chi connectivity index (χ3n) is 3.71.